The topological polar surface area (TPSA) is 70.6 Å². The van der Waals surface area contributed by atoms with E-state index in [1.807, 2.05) is 45.0 Å². The third-order valence-corrected chi connectivity index (χ3v) is 8.19. The molecule has 0 fully saturated rings. The van der Waals surface area contributed by atoms with Gasteiger partial charge in [0.15, 0.2) is 15.0 Å². The largest absolute Gasteiger partial charge is 0.308 e. The van der Waals surface area contributed by atoms with E-state index in [4.69, 9.17) is 11.6 Å². The second-order valence-electron chi connectivity index (χ2n) is 7.75. The number of fused-ring (bicyclic) bond motifs is 1. The summed E-state index contributed by atoms with van der Waals surface area (Å²) in [4.78, 5) is 21.5. The molecule has 1 aromatic heterocycles. The van der Waals surface area contributed by atoms with Crippen LogP contribution in [0.1, 0.15) is 17.5 Å². The lowest BCUT2D eigenvalue weighted by molar-refractivity contribution is -0.118. The highest BCUT2D eigenvalue weighted by Crippen LogP contribution is 2.33. The Bertz CT molecular complexity index is 1190. The zero-order valence-corrected chi connectivity index (χ0v) is 20.4. The van der Waals surface area contributed by atoms with E-state index in [0.29, 0.717) is 23.2 Å². The number of carbonyl (C=O) groups is 1. The molecule has 31 heavy (non-hydrogen) atoms. The molecular formula is C22H26ClN3O3S2. The molecule has 3 rings (SSSR count). The highest BCUT2D eigenvalue weighted by atomic mass is 35.5. The first-order valence-electron chi connectivity index (χ1n) is 9.88. The van der Waals surface area contributed by atoms with Crippen molar-refractivity contribution in [1.29, 1.82) is 0 Å². The highest BCUT2D eigenvalue weighted by molar-refractivity contribution is 7.91. The number of halogens is 1. The maximum absolute atomic E-state index is 13.1. The Kier molecular flexibility index (Phi) is 7.36. The van der Waals surface area contributed by atoms with Gasteiger partial charge in [-0.15, -0.1) is 0 Å². The summed E-state index contributed by atoms with van der Waals surface area (Å²) < 4.78 is 26.3. The summed E-state index contributed by atoms with van der Waals surface area (Å²) in [6, 6.07) is 10.4. The highest BCUT2D eigenvalue weighted by Gasteiger charge is 2.23. The number of nitrogens with zero attached hydrogens (tertiary/aromatic N) is 3. The van der Waals surface area contributed by atoms with Crippen molar-refractivity contribution in [2.75, 3.05) is 37.8 Å². The average molecular weight is 480 g/mol. The summed E-state index contributed by atoms with van der Waals surface area (Å²) in [7, 11) is 0.298. The molecule has 1 amide bonds. The molecule has 3 aromatic rings. The fourth-order valence-electron chi connectivity index (χ4n) is 3.05. The predicted molar refractivity (Wildman–Crippen MR) is 128 cm³/mol. The van der Waals surface area contributed by atoms with Crippen LogP contribution in [0.2, 0.25) is 5.02 Å². The van der Waals surface area contributed by atoms with Crippen molar-refractivity contribution in [2.24, 2.45) is 0 Å². The molecule has 0 saturated heterocycles. The normalized spacial score (nSPS) is 11.9. The van der Waals surface area contributed by atoms with E-state index >= 15 is 0 Å². The molecule has 2 aromatic carbocycles. The molecule has 9 heteroatoms. The SMILES string of the molecule is Cc1ccc(S(=O)(=O)CCC(=O)N(CCN(C)C)c2nc3c(C)c(Cl)ccc3s2)cc1. The number of likely N-dealkylation sites (N-methyl/N-ethyl adjacent to an activating group) is 1. The average Bonchev–Trinajstić information content (AvgIpc) is 3.14. The van der Waals surface area contributed by atoms with Crippen molar-refractivity contribution in [2.45, 2.75) is 25.2 Å². The van der Waals surface area contributed by atoms with Gasteiger partial charge < -0.3 is 4.90 Å². The number of aromatic nitrogens is 1. The van der Waals surface area contributed by atoms with Crippen LogP contribution in [0.4, 0.5) is 5.13 Å². The molecule has 0 aliphatic carbocycles. The number of aryl methyl sites for hydroxylation is 2. The van der Waals surface area contributed by atoms with Gasteiger partial charge >= 0.3 is 0 Å². The molecular weight excluding hydrogens is 454 g/mol. The molecule has 6 nitrogen and oxygen atoms in total. The maximum Gasteiger partial charge on any atom is 0.229 e. The van der Waals surface area contributed by atoms with Crippen LogP contribution in [0.15, 0.2) is 41.3 Å². The van der Waals surface area contributed by atoms with Crippen LogP contribution in [0.3, 0.4) is 0 Å². The Hall–Kier alpha value is -2.00. The van der Waals surface area contributed by atoms with Gasteiger partial charge in [-0.05, 0) is 57.8 Å². The van der Waals surface area contributed by atoms with E-state index in [9.17, 15) is 13.2 Å². The van der Waals surface area contributed by atoms with Crippen LogP contribution in [0.5, 0.6) is 0 Å². The molecule has 0 atom stereocenters. The van der Waals surface area contributed by atoms with Gasteiger partial charge in [-0.1, -0.05) is 40.6 Å². The minimum Gasteiger partial charge on any atom is -0.308 e. The fourth-order valence-corrected chi connectivity index (χ4v) is 5.50. The van der Waals surface area contributed by atoms with E-state index in [-0.39, 0.29) is 23.0 Å². The summed E-state index contributed by atoms with van der Waals surface area (Å²) in [6.45, 7) is 4.85. The van der Waals surface area contributed by atoms with Crippen LogP contribution < -0.4 is 4.90 Å². The lowest BCUT2D eigenvalue weighted by Gasteiger charge is -2.22. The Balaban J connectivity index is 1.84. The Labute approximate surface area is 192 Å². The van der Waals surface area contributed by atoms with Crippen LogP contribution in [-0.2, 0) is 14.6 Å². The number of benzene rings is 2. The van der Waals surface area contributed by atoms with Gasteiger partial charge in [-0.25, -0.2) is 13.4 Å². The third-order valence-electron chi connectivity index (χ3n) is 5.00. The summed E-state index contributed by atoms with van der Waals surface area (Å²) in [5.74, 6) is -0.510. The fraction of sp³-hybridized carbons (Fsp3) is 0.364. The van der Waals surface area contributed by atoms with Crippen LogP contribution in [0, 0.1) is 13.8 Å². The molecule has 1 heterocycles. The van der Waals surface area contributed by atoms with Crippen molar-refractivity contribution in [1.82, 2.24) is 9.88 Å². The molecule has 0 aliphatic rings. The van der Waals surface area contributed by atoms with E-state index in [0.717, 1.165) is 21.3 Å². The Morgan fingerprint density at radius 3 is 2.39 bits per heavy atom. The minimum atomic E-state index is -3.55. The smallest absolute Gasteiger partial charge is 0.229 e. The molecule has 0 saturated carbocycles. The summed E-state index contributed by atoms with van der Waals surface area (Å²) in [5.41, 5.74) is 2.61. The predicted octanol–water partition coefficient (Wildman–Crippen LogP) is 4.33. The molecule has 0 spiro atoms. The molecule has 0 N–H and O–H groups in total. The lowest BCUT2D eigenvalue weighted by Crippen LogP contribution is -2.37. The van der Waals surface area contributed by atoms with Crippen molar-refractivity contribution >= 4 is 54.0 Å². The second kappa shape index (κ2) is 9.65. The van der Waals surface area contributed by atoms with Gasteiger partial charge in [-0.3, -0.25) is 9.69 Å². The number of thiazole rings is 1. The first-order chi connectivity index (χ1) is 14.6. The minimum absolute atomic E-state index is 0.112. The van der Waals surface area contributed by atoms with Gasteiger partial charge in [0, 0.05) is 24.5 Å². The van der Waals surface area contributed by atoms with Gasteiger partial charge in [0.2, 0.25) is 5.91 Å². The number of hydrogen-bond donors (Lipinski definition) is 0. The Morgan fingerprint density at radius 2 is 1.74 bits per heavy atom. The third kappa shape index (κ3) is 5.63. The molecule has 0 unspecified atom stereocenters. The van der Waals surface area contributed by atoms with Crippen molar-refractivity contribution < 1.29 is 13.2 Å². The number of rotatable bonds is 8. The number of hydrogen-bond acceptors (Lipinski definition) is 6. The molecule has 0 aliphatic heterocycles. The monoisotopic (exact) mass is 479 g/mol. The van der Waals surface area contributed by atoms with Crippen LogP contribution in [-0.4, -0.2) is 57.1 Å². The lowest BCUT2D eigenvalue weighted by atomic mass is 10.2. The van der Waals surface area contributed by atoms with Crippen molar-refractivity contribution in [3.8, 4) is 0 Å². The van der Waals surface area contributed by atoms with Crippen molar-refractivity contribution in [3.05, 3.63) is 52.5 Å². The first kappa shape index (κ1) is 23.7. The van der Waals surface area contributed by atoms with Gasteiger partial charge in [0.1, 0.15) is 0 Å². The maximum atomic E-state index is 13.1. The summed E-state index contributed by atoms with van der Waals surface area (Å²) >= 11 is 7.63. The molecule has 166 valence electrons. The quantitative estimate of drug-likeness (QED) is 0.481. The second-order valence-corrected chi connectivity index (χ2v) is 11.3. The number of sulfone groups is 1. The van der Waals surface area contributed by atoms with E-state index < -0.39 is 9.84 Å². The zero-order valence-electron chi connectivity index (χ0n) is 18.1. The zero-order chi connectivity index (χ0) is 22.8. The molecule has 0 bridgehead atoms. The van der Waals surface area contributed by atoms with Crippen LogP contribution in [0.25, 0.3) is 10.2 Å². The van der Waals surface area contributed by atoms with Crippen LogP contribution >= 0.6 is 22.9 Å². The van der Waals surface area contributed by atoms with E-state index in [2.05, 4.69) is 4.98 Å². The first-order valence-corrected chi connectivity index (χ1v) is 12.7. The standard InChI is InChI=1S/C22H26ClN3O3S2/c1-15-5-7-17(8-6-15)31(28,29)14-11-20(27)26(13-12-25(3)4)22-24-21-16(2)18(23)9-10-19(21)30-22/h5-10H,11-14H2,1-4H3. The van der Waals surface area contributed by atoms with Gasteiger partial charge in [-0.2, -0.15) is 0 Å². The van der Waals surface area contributed by atoms with E-state index in [1.165, 1.54) is 11.3 Å². The van der Waals surface area contributed by atoms with Gasteiger partial charge in [0.05, 0.1) is 20.9 Å². The molecule has 0 radical (unpaired) electrons. The summed E-state index contributed by atoms with van der Waals surface area (Å²) in [6.07, 6.45) is -0.112. The van der Waals surface area contributed by atoms with Gasteiger partial charge in [0.25, 0.3) is 0 Å². The number of carbonyl (C=O) groups excluding carboxylic acids is 1. The number of amides is 1. The Morgan fingerprint density at radius 1 is 1.06 bits per heavy atom. The summed E-state index contributed by atoms with van der Waals surface area (Å²) in [5, 5.41) is 1.18. The van der Waals surface area contributed by atoms with E-state index in [1.54, 1.807) is 29.2 Å². The number of anilines is 1. The van der Waals surface area contributed by atoms with Crippen molar-refractivity contribution in [3.63, 3.8) is 0 Å².